The summed E-state index contributed by atoms with van der Waals surface area (Å²) < 4.78 is 5.50. The van der Waals surface area contributed by atoms with Crippen molar-refractivity contribution in [2.45, 2.75) is 19.3 Å². The van der Waals surface area contributed by atoms with Gasteiger partial charge >= 0.3 is 0 Å². The van der Waals surface area contributed by atoms with Gasteiger partial charge in [-0.05, 0) is 36.6 Å². The third-order valence-electron chi connectivity index (χ3n) is 5.05. The Morgan fingerprint density at radius 3 is 2.29 bits per heavy atom. The summed E-state index contributed by atoms with van der Waals surface area (Å²) in [5, 5.41) is 0. The summed E-state index contributed by atoms with van der Waals surface area (Å²) in [4.78, 5) is 5.03. The van der Waals surface area contributed by atoms with Gasteiger partial charge in [0.05, 0.1) is 12.8 Å². The average molecular weight is 324 g/mol. The van der Waals surface area contributed by atoms with Crippen LogP contribution in [0.4, 0.5) is 5.69 Å². The van der Waals surface area contributed by atoms with E-state index in [1.807, 2.05) is 12.1 Å². The van der Waals surface area contributed by atoms with Crippen molar-refractivity contribution in [2.75, 3.05) is 44.7 Å². The average Bonchev–Trinajstić information content (AvgIpc) is 2.67. The van der Waals surface area contributed by atoms with Crippen LogP contribution in [0.1, 0.15) is 24.8 Å². The van der Waals surface area contributed by atoms with Crippen LogP contribution in [0.15, 0.2) is 54.6 Å². The van der Waals surface area contributed by atoms with Gasteiger partial charge in [0.2, 0.25) is 0 Å². The van der Waals surface area contributed by atoms with Gasteiger partial charge in [-0.25, -0.2) is 0 Å². The number of ether oxygens (including phenoxy) is 1. The van der Waals surface area contributed by atoms with Crippen molar-refractivity contribution < 1.29 is 4.74 Å². The summed E-state index contributed by atoms with van der Waals surface area (Å²) in [6.45, 7) is 7.90. The van der Waals surface area contributed by atoms with Crippen LogP contribution in [0.5, 0.6) is 5.75 Å². The molecule has 2 aromatic rings. The molecule has 0 radical (unpaired) electrons. The predicted octanol–water partition coefficient (Wildman–Crippen LogP) is 4.01. The molecule has 1 heterocycles. The lowest BCUT2D eigenvalue weighted by Crippen LogP contribution is -2.46. The Hall–Kier alpha value is -2.00. The third-order valence-corrected chi connectivity index (χ3v) is 5.05. The zero-order valence-corrected chi connectivity index (χ0v) is 14.8. The van der Waals surface area contributed by atoms with E-state index in [1.165, 1.54) is 24.2 Å². The van der Waals surface area contributed by atoms with Crippen molar-refractivity contribution in [1.82, 2.24) is 4.90 Å². The van der Waals surface area contributed by atoms with E-state index in [4.69, 9.17) is 4.74 Å². The summed E-state index contributed by atoms with van der Waals surface area (Å²) in [6, 6.07) is 19.2. The summed E-state index contributed by atoms with van der Waals surface area (Å²) in [7, 11) is 1.75. The SMILES string of the molecule is COc1ccccc1N1CCN(CC[C@@H](C)c2ccccc2)CC1. The molecule has 1 fully saturated rings. The van der Waals surface area contributed by atoms with Crippen LogP contribution < -0.4 is 9.64 Å². The van der Waals surface area contributed by atoms with E-state index in [0.29, 0.717) is 5.92 Å². The highest BCUT2D eigenvalue weighted by Gasteiger charge is 2.19. The van der Waals surface area contributed by atoms with Gasteiger partial charge in [-0.15, -0.1) is 0 Å². The molecule has 3 nitrogen and oxygen atoms in total. The van der Waals surface area contributed by atoms with E-state index >= 15 is 0 Å². The standard InChI is InChI=1S/C21H28N2O/c1-18(19-8-4-3-5-9-19)12-13-22-14-16-23(17-15-22)20-10-6-7-11-21(20)24-2/h3-11,18H,12-17H2,1-2H3/t18-/m1/s1. The van der Waals surface area contributed by atoms with Crippen LogP contribution >= 0.6 is 0 Å². The fraction of sp³-hybridized carbons (Fsp3) is 0.429. The zero-order valence-electron chi connectivity index (χ0n) is 14.8. The molecule has 3 rings (SSSR count). The molecule has 24 heavy (non-hydrogen) atoms. The second kappa shape index (κ2) is 8.20. The highest BCUT2D eigenvalue weighted by molar-refractivity contribution is 5.58. The maximum Gasteiger partial charge on any atom is 0.142 e. The van der Waals surface area contributed by atoms with Gasteiger partial charge < -0.3 is 9.64 Å². The highest BCUT2D eigenvalue weighted by atomic mass is 16.5. The van der Waals surface area contributed by atoms with E-state index in [0.717, 1.165) is 31.9 Å². The van der Waals surface area contributed by atoms with E-state index in [2.05, 4.69) is 59.2 Å². The van der Waals surface area contributed by atoms with Crippen molar-refractivity contribution in [2.24, 2.45) is 0 Å². The van der Waals surface area contributed by atoms with Crippen LogP contribution in [-0.2, 0) is 0 Å². The van der Waals surface area contributed by atoms with E-state index < -0.39 is 0 Å². The fourth-order valence-electron chi connectivity index (χ4n) is 3.43. The lowest BCUT2D eigenvalue weighted by molar-refractivity contribution is 0.249. The predicted molar refractivity (Wildman–Crippen MR) is 101 cm³/mol. The number of methoxy groups -OCH3 is 1. The minimum Gasteiger partial charge on any atom is -0.495 e. The first-order chi connectivity index (χ1) is 11.8. The number of anilines is 1. The monoisotopic (exact) mass is 324 g/mol. The van der Waals surface area contributed by atoms with Crippen molar-refractivity contribution in [3.05, 3.63) is 60.2 Å². The molecule has 3 heteroatoms. The van der Waals surface area contributed by atoms with Gasteiger partial charge in [0.25, 0.3) is 0 Å². The minimum absolute atomic E-state index is 0.624. The molecule has 1 saturated heterocycles. The van der Waals surface area contributed by atoms with Gasteiger partial charge in [-0.2, -0.15) is 0 Å². The Labute approximate surface area is 145 Å². The number of hydrogen-bond acceptors (Lipinski definition) is 3. The first-order valence-corrected chi connectivity index (χ1v) is 8.93. The molecule has 1 aliphatic rings. The van der Waals surface area contributed by atoms with Crippen LogP contribution in [0, 0.1) is 0 Å². The van der Waals surface area contributed by atoms with Gasteiger partial charge in [-0.3, -0.25) is 4.90 Å². The molecule has 1 aliphatic heterocycles. The Kier molecular flexibility index (Phi) is 5.76. The van der Waals surface area contributed by atoms with Gasteiger partial charge in [0.1, 0.15) is 5.75 Å². The molecule has 0 bridgehead atoms. The van der Waals surface area contributed by atoms with E-state index in [-0.39, 0.29) is 0 Å². The summed E-state index contributed by atoms with van der Waals surface area (Å²) in [6.07, 6.45) is 1.22. The lowest BCUT2D eigenvalue weighted by Gasteiger charge is -2.37. The summed E-state index contributed by atoms with van der Waals surface area (Å²) in [5.74, 6) is 1.60. The van der Waals surface area contributed by atoms with Crippen molar-refractivity contribution in [1.29, 1.82) is 0 Å². The van der Waals surface area contributed by atoms with E-state index in [9.17, 15) is 0 Å². The molecule has 0 saturated carbocycles. The van der Waals surface area contributed by atoms with Crippen molar-refractivity contribution in [3.8, 4) is 5.75 Å². The maximum atomic E-state index is 5.50. The summed E-state index contributed by atoms with van der Waals surface area (Å²) in [5.41, 5.74) is 2.67. The smallest absolute Gasteiger partial charge is 0.142 e. The van der Waals surface area contributed by atoms with Crippen LogP contribution in [0.3, 0.4) is 0 Å². The molecule has 128 valence electrons. The number of hydrogen-bond donors (Lipinski definition) is 0. The Bertz CT molecular complexity index is 621. The van der Waals surface area contributed by atoms with Crippen LogP contribution in [0.25, 0.3) is 0 Å². The normalized spacial score (nSPS) is 16.8. The minimum atomic E-state index is 0.624. The molecule has 0 aliphatic carbocycles. The van der Waals surface area contributed by atoms with Gasteiger partial charge in [0.15, 0.2) is 0 Å². The van der Waals surface area contributed by atoms with Gasteiger partial charge in [0, 0.05) is 26.2 Å². The molecule has 0 aromatic heterocycles. The number of para-hydroxylation sites is 2. The molecule has 1 atom stereocenters. The number of benzene rings is 2. The fourth-order valence-corrected chi connectivity index (χ4v) is 3.43. The topological polar surface area (TPSA) is 15.7 Å². The highest BCUT2D eigenvalue weighted by Crippen LogP contribution is 2.28. The number of nitrogens with zero attached hydrogens (tertiary/aromatic N) is 2. The zero-order chi connectivity index (χ0) is 16.8. The second-order valence-corrected chi connectivity index (χ2v) is 6.60. The Morgan fingerprint density at radius 1 is 0.917 bits per heavy atom. The quantitative estimate of drug-likeness (QED) is 0.798. The first kappa shape index (κ1) is 16.8. The van der Waals surface area contributed by atoms with Gasteiger partial charge in [-0.1, -0.05) is 49.4 Å². The van der Waals surface area contributed by atoms with Crippen LogP contribution in [0.2, 0.25) is 0 Å². The second-order valence-electron chi connectivity index (χ2n) is 6.60. The largest absolute Gasteiger partial charge is 0.495 e. The molecule has 0 unspecified atom stereocenters. The molecular weight excluding hydrogens is 296 g/mol. The van der Waals surface area contributed by atoms with Crippen molar-refractivity contribution >= 4 is 5.69 Å². The number of rotatable bonds is 6. The first-order valence-electron chi connectivity index (χ1n) is 8.93. The molecule has 0 N–H and O–H groups in total. The third kappa shape index (κ3) is 4.09. The van der Waals surface area contributed by atoms with E-state index in [1.54, 1.807) is 7.11 Å². The Morgan fingerprint density at radius 2 is 1.58 bits per heavy atom. The van der Waals surface area contributed by atoms with Crippen molar-refractivity contribution in [3.63, 3.8) is 0 Å². The molecule has 0 spiro atoms. The van der Waals surface area contributed by atoms with Crippen LogP contribution in [-0.4, -0.2) is 44.7 Å². The number of piperazine rings is 1. The maximum absolute atomic E-state index is 5.50. The Balaban J connectivity index is 1.49. The lowest BCUT2D eigenvalue weighted by atomic mass is 9.97. The molecule has 0 amide bonds. The molecular formula is C21H28N2O. The molecule has 2 aromatic carbocycles. The summed E-state index contributed by atoms with van der Waals surface area (Å²) >= 11 is 0.